The van der Waals surface area contributed by atoms with Crippen LogP contribution >= 0.6 is 11.8 Å². The van der Waals surface area contributed by atoms with E-state index >= 15 is 0 Å². The minimum atomic E-state index is -0.133. The lowest BCUT2D eigenvalue weighted by molar-refractivity contribution is -0.132. The molecular weight excluding hydrogens is 232 g/mol. The molecule has 0 radical (unpaired) electrons. The van der Waals surface area contributed by atoms with Gasteiger partial charge in [0.1, 0.15) is 0 Å². The van der Waals surface area contributed by atoms with Gasteiger partial charge in [-0.1, -0.05) is 13.3 Å². The zero-order valence-corrected chi connectivity index (χ0v) is 11.6. The first-order valence-corrected chi connectivity index (χ1v) is 8.14. The fourth-order valence-corrected chi connectivity index (χ4v) is 4.49. The van der Waals surface area contributed by atoms with Crippen LogP contribution < -0.4 is 5.32 Å². The van der Waals surface area contributed by atoms with Crippen molar-refractivity contribution in [1.29, 1.82) is 0 Å². The molecule has 3 rings (SSSR count). The zero-order valence-electron chi connectivity index (χ0n) is 10.7. The quantitative estimate of drug-likeness (QED) is 0.836. The van der Waals surface area contributed by atoms with E-state index in [4.69, 9.17) is 0 Å². The molecule has 3 fully saturated rings. The van der Waals surface area contributed by atoms with Gasteiger partial charge in [-0.2, -0.15) is 11.8 Å². The van der Waals surface area contributed by atoms with Crippen molar-refractivity contribution in [3.63, 3.8) is 0 Å². The van der Waals surface area contributed by atoms with Crippen LogP contribution in [0.5, 0.6) is 0 Å². The van der Waals surface area contributed by atoms with Gasteiger partial charge in [0.2, 0.25) is 5.91 Å². The number of carbonyl (C=O) groups excluding carboxylic acids is 1. The van der Waals surface area contributed by atoms with Gasteiger partial charge in [0.25, 0.3) is 0 Å². The summed E-state index contributed by atoms with van der Waals surface area (Å²) in [7, 11) is 0. The van der Waals surface area contributed by atoms with E-state index in [2.05, 4.69) is 23.4 Å². The Morgan fingerprint density at radius 2 is 2.24 bits per heavy atom. The summed E-state index contributed by atoms with van der Waals surface area (Å²) in [5.41, 5.74) is -0.133. The van der Waals surface area contributed by atoms with Crippen LogP contribution in [0.15, 0.2) is 0 Å². The summed E-state index contributed by atoms with van der Waals surface area (Å²) in [6.45, 7) is 2.18. The van der Waals surface area contributed by atoms with Gasteiger partial charge >= 0.3 is 0 Å². The van der Waals surface area contributed by atoms with Crippen LogP contribution in [0.4, 0.5) is 0 Å². The lowest BCUT2D eigenvalue weighted by Crippen LogP contribution is -2.47. The first kappa shape index (κ1) is 11.8. The molecule has 1 heterocycles. The van der Waals surface area contributed by atoms with E-state index in [-0.39, 0.29) is 5.54 Å². The topological polar surface area (TPSA) is 32.3 Å². The number of carbonyl (C=O) groups is 1. The Bertz CT molecular complexity index is 329. The summed E-state index contributed by atoms with van der Waals surface area (Å²) < 4.78 is 0. The molecule has 17 heavy (non-hydrogen) atoms. The molecule has 4 heteroatoms. The summed E-state index contributed by atoms with van der Waals surface area (Å²) in [4.78, 5) is 14.8. The third kappa shape index (κ3) is 1.72. The van der Waals surface area contributed by atoms with Crippen molar-refractivity contribution in [3.8, 4) is 0 Å². The van der Waals surface area contributed by atoms with Gasteiger partial charge < -0.3 is 4.90 Å². The Hall–Kier alpha value is -0.220. The first-order chi connectivity index (χ1) is 8.22. The smallest absolute Gasteiger partial charge is 0.244 e. The number of thioether (sulfide) groups is 1. The zero-order chi connectivity index (χ0) is 12.0. The Labute approximate surface area is 108 Å². The third-order valence-corrected chi connectivity index (χ3v) is 5.79. The van der Waals surface area contributed by atoms with Gasteiger partial charge in [-0.25, -0.2) is 0 Å². The first-order valence-electron chi connectivity index (χ1n) is 6.85. The van der Waals surface area contributed by atoms with Crippen LogP contribution in [-0.4, -0.2) is 40.1 Å². The van der Waals surface area contributed by atoms with Crippen molar-refractivity contribution in [3.05, 3.63) is 0 Å². The van der Waals surface area contributed by atoms with Crippen LogP contribution in [0, 0.1) is 0 Å². The molecule has 1 amide bonds. The highest BCUT2D eigenvalue weighted by Crippen LogP contribution is 2.45. The number of amides is 1. The molecule has 2 saturated carbocycles. The maximum atomic E-state index is 12.6. The molecule has 2 aliphatic carbocycles. The largest absolute Gasteiger partial charge is 0.321 e. The lowest BCUT2D eigenvalue weighted by atomic mass is 10.1. The van der Waals surface area contributed by atoms with Gasteiger partial charge in [-0.15, -0.1) is 0 Å². The third-order valence-electron chi connectivity index (χ3n) is 4.64. The van der Waals surface area contributed by atoms with Gasteiger partial charge in [0.05, 0.1) is 11.7 Å². The molecule has 3 nitrogen and oxygen atoms in total. The van der Waals surface area contributed by atoms with Crippen molar-refractivity contribution >= 4 is 17.7 Å². The average molecular weight is 254 g/mol. The summed E-state index contributed by atoms with van der Waals surface area (Å²) in [5.74, 6) is 0.398. The van der Waals surface area contributed by atoms with Crippen molar-refractivity contribution < 1.29 is 4.79 Å². The fraction of sp³-hybridized carbons (Fsp3) is 0.923. The second-order valence-corrected chi connectivity index (χ2v) is 6.71. The molecule has 0 aromatic carbocycles. The van der Waals surface area contributed by atoms with Gasteiger partial charge in [0.15, 0.2) is 0 Å². The van der Waals surface area contributed by atoms with Crippen LogP contribution in [0.1, 0.15) is 45.4 Å². The van der Waals surface area contributed by atoms with E-state index < -0.39 is 0 Å². The highest BCUT2D eigenvalue weighted by molar-refractivity contribution is 7.99. The number of nitrogens with zero attached hydrogens (tertiary/aromatic N) is 1. The van der Waals surface area contributed by atoms with Crippen LogP contribution in [0.3, 0.4) is 0 Å². The highest BCUT2D eigenvalue weighted by atomic mass is 32.2. The molecule has 3 aliphatic rings. The highest BCUT2D eigenvalue weighted by Gasteiger charge is 2.60. The maximum absolute atomic E-state index is 12.6. The summed E-state index contributed by atoms with van der Waals surface area (Å²) in [5, 5.41) is 4.24. The molecule has 3 atom stereocenters. The Morgan fingerprint density at radius 3 is 2.82 bits per heavy atom. The molecule has 0 aromatic heterocycles. The minimum Gasteiger partial charge on any atom is -0.321 e. The van der Waals surface area contributed by atoms with Gasteiger partial charge in [0, 0.05) is 11.3 Å². The van der Waals surface area contributed by atoms with Crippen LogP contribution in [-0.2, 0) is 4.79 Å². The van der Waals surface area contributed by atoms with Crippen molar-refractivity contribution in [2.75, 3.05) is 6.26 Å². The number of hydrogen-bond acceptors (Lipinski definition) is 3. The molecule has 1 spiro atoms. The molecule has 0 aromatic rings. The predicted octanol–water partition coefficient (Wildman–Crippen LogP) is 1.97. The fourth-order valence-electron chi connectivity index (χ4n) is 3.50. The predicted molar refractivity (Wildman–Crippen MR) is 71.0 cm³/mol. The molecule has 1 N–H and O–H groups in total. The minimum absolute atomic E-state index is 0.133. The van der Waals surface area contributed by atoms with Gasteiger partial charge in [-0.3, -0.25) is 10.1 Å². The number of nitrogens with one attached hydrogen (secondary N) is 1. The van der Waals surface area contributed by atoms with Crippen molar-refractivity contribution in [2.45, 2.75) is 68.4 Å². The van der Waals surface area contributed by atoms with Crippen molar-refractivity contribution in [2.24, 2.45) is 0 Å². The molecule has 96 valence electrons. The van der Waals surface area contributed by atoms with E-state index in [0.717, 1.165) is 19.3 Å². The van der Waals surface area contributed by atoms with Crippen LogP contribution in [0.2, 0.25) is 0 Å². The second-order valence-electron chi connectivity index (χ2n) is 5.64. The molecule has 3 unspecified atom stereocenters. The van der Waals surface area contributed by atoms with Crippen LogP contribution in [0.25, 0.3) is 0 Å². The lowest BCUT2D eigenvalue weighted by Gasteiger charge is -2.33. The standard InChI is InChI=1S/C13H22N2OS/c1-3-11-14-13(7-8-13)12(16)15(11)9-5-4-6-10(9)17-2/h9-11,14H,3-8H2,1-2H3. The maximum Gasteiger partial charge on any atom is 0.244 e. The molecule has 1 aliphatic heterocycles. The van der Waals surface area contributed by atoms with E-state index in [1.807, 2.05) is 11.8 Å². The van der Waals surface area contributed by atoms with Gasteiger partial charge in [-0.05, 0) is 38.4 Å². The molecular formula is C13H22N2OS. The Balaban J connectivity index is 1.82. The van der Waals surface area contributed by atoms with E-state index in [9.17, 15) is 4.79 Å². The second kappa shape index (κ2) is 4.16. The summed E-state index contributed by atoms with van der Waals surface area (Å²) in [6, 6.07) is 0.481. The monoisotopic (exact) mass is 254 g/mol. The Morgan fingerprint density at radius 1 is 1.47 bits per heavy atom. The number of hydrogen-bond donors (Lipinski definition) is 1. The number of rotatable bonds is 3. The summed E-state index contributed by atoms with van der Waals surface area (Å²) >= 11 is 1.94. The van der Waals surface area contributed by atoms with E-state index in [1.54, 1.807) is 0 Å². The molecule has 1 saturated heterocycles. The average Bonchev–Trinajstić information content (AvgIpc) is 2.87. The van der Waals surface area contributed by atoms with E-state index in [0.29, 0.717) is 23.4 Å². The molecule has 0 bridgehead atoms. The normalized spacial score (nSPS) is 39.3. The van der Waals surface area contributed by atoms with E-state index in [1.165, 1.54) is 19.3 Å². The van der Waals surface area contributed by atoms with Crippen molar-refractivity contribution in [1.82, 2.24) is 10.2 Å². The SMILES string of the molecule is CCC1NC2(CC2)C(=O)N1C1CCCC1SC. The summed E-state index contributed by atoms with van der Waals surface area (Å²) in [6.07, 6.45) is 9.37. The Kier molecular flexibility index (Phi) is 2.90.